The van der Waals surface area contributed by atoms with E-state index < -0.39 is 6.04 Å². The Hall–Kier alpha value is -2.24. The van der Waals surface area contributed by atoms with Gasteiger partial charge in [0.2, 0.25) is 5.91 Å². The van der Waals surface area contributed by atoms with E-state index in [-0.39, 0.29) is 11.9 Å². The maximum absolute atomic E-state index is 12.6. The van der Waals surface area contributed by atoms with Gasteiger partial charge in [0.1, 0.15) is 6.04 Å². The first kappa shape index (κ1) is 18.5. The lowest BCUT2D eigenvalue weighted by Gasteiger charge is -2.24. The third-order valence-electron chi connectivity index (χ3n) is 4.26. The minimum absolute atomic E-state index is 0.192. The van der Waals surface area contributed by atoms with Gasteiger partial charge in [-0.1, -0.05) is 35.3 Å². The number of carbonyl (C=O) groups is 2. The molecule has 26 heavy (non-hydrogen) atoms. The minimum atomic E-state index is -0.481. The highest BCUT2D eigenvalue weighted by atomic mass is 35.5. The van der Waals surface area contributed by atoms with Crippen molar-refractivity contribution in [1.82, 2.24) is 10.2 Å². The average Bonchev–Trinajstić information content (AvgIpc) is 3.12. The molecule has 3 amide bonds. The molecule has 2 aromatic carbocycles. The largest absolute Gasteiger partial charge is 0.334 e. The lowest BCUT2D eigenvalue weighted by Crippen LogP contribution is -2.47. The standard InChI is InChI=1S/C19H19Cl2N3O2/c20-14-6-8-16(9-7-14)23-18(25)17-5-2-10-24(17)19(26)22-12-13-3-1-4-15(21)11-13/h1,3-4,6-9,11,17H,2,5,10,12H2,(H,22,26)(H,23,25)/t17-/m0/s1. The molecule has 136 valence electrons. The molecule has 0 aliphatic carbocycles. The Bertz CT molecular complexity index is 796. The Morgan fingerprint density at radius 3 is 2.58 bits per heavy atom. The summed E-state index contributed by atoms with van der Waals surface area (Å²) in [4.78, 5) is 26.6. The number of hydrogen-bond acceptors (Lipinski definition) is 2. The number of amides is 3. The van der Waals surface area contributed by atoms with Crippen LogP contribution in [-0.4, -0.2) is 29.4 Å². The molecule has 0 aromatic heterocycles. The summed E-state index contributed by atoms with van der Waals surface area (Å²) in [6, 6.07) is 13.5. The second-order valence-corrected chi connectivity index (χ2v) is 7.01. The van der Waals surface area contributed by atoms with Crippen LogP contribution in [-0.2, 0) is 11.3 Å². The summed E-state index contributed by atoms with van der Waals surface area (Å²) in [7, 11) is 0. The van der Waals surface area contributed by atoms with Gasteiger partial charge in [-0.3, -0.25) is 4.79 Å². The van der Waals surface area contributed by atoms with Crippen LogP contribution < -0.4 is 10.6 Å². The lowest BCUT2D eigenvalue weighted by molar-refractivity contribution is -0.119. The van der Waals surface area contributed by atoms with Crippen LogP contribution in [0.4, 0.5) is 10.5 Å². The van der Waals surface area contributed by atoms with Crippen molar-refractivity contribution >= 4 is 40.8 Å². The Kier molecular flexibility index (Phi) is 6.01. The van der Waals surface area contributed by atoms with E-state index in [4.69, 9.17) is 23.2 Å². The predicted octanol–water partition coefficient (Wildman–Crippen LogP) is 4.31. The van der Waals surface area contributed by atoms with Gasteiger partial charge in [-0.05, 0) is 54.8 Å². The van der Waals surface area contributed by atoms with Gasteiger partial charge in [0.05, 0.1) is 0 Å². The Morgan fingerprint density at radius 2 is 1.85 bits per heavy atom. The molecule has 0 unspecified atom stereocenters. The van der Waals surface area contributed by atoms with Gasteiger partial charge in [0.15, 0.2) is 0 Å². The summed E-state index contributed by atoms with van der Waals surface area (Å²) in [5.41, 5.74) is 1.57. The highest BCUT2D eigenvalue weighted by molar-refractivity contribution is 6.30. The van der Waals surface area contributed by atoms with E-state index in [1.165, 1.54) is 0 Å². The van der Waals surface area contributed by atoms with Crippen molar-refractivity contribution in [2.75, 3.05) is 11.9 Å². The summed E-state index contributed by atoms with van der Waals surface area (Å²) in [5.74, 6) is -0.192. The van der Waals surface area contributed by atoms with Crippen LogP contribution in [0.25, 0.3) is 0 Å². The van der Waals surface area contributed by atoms with Gasteiger partial charge in [-0.15, -0.1) is 0 Å². The Balaban J connectivity index is 1.58. The number of likely N-dealkylation sites (tertiary alicyclic amines) is 1. The van der Waals surface area contributed by atoms with Crippen LogP contribution in [0.1, 0.15) is 18.4 Å². The highest BCUT2D eigenvalue weighted by Crippen LogP contribution is 2.20. The molecular weight excluding hydrogens is 373 g/mol. The molecule has 1 atom stereocenters. The molecule has 3 rings (SSSR count). The van der Waals surface area contributed by atoms with E-state index >= 15 is 0 Å². The van der Waals surface area contributed by atoms with E-state index in [9.17, 15) is 9.59 Å². The maximum atomic E-state index is 12.6. The molecule has 5 nitrogen and oxygen atoms in total. The molecule has 0 saturated carbocycles. The van der Waals surface area contributed by atoms with Crippen LogP contribution in [0.3, 0.4) is 0 Å². The van der Waals surface area contributed by atoms with Gasteiger partial charge in [0.25, 0.3) is 0 Å². The number of carbonyl (C=O) groups excluding carboxylic acids is 2. The summed E-state index contributed by atoms with van der Waals surface area (Å²) < 4.78 is 0. The summed E-state index contributed by atoms with van der Waals surface area (Å²) >= 11 is 11.8. The number of benzene rings is 2. The van der Waals surface area contributed by atoms with E-state index in [1.54, 1.807) is 41.3 Å². The lowest BCUT2D eigenvalue weighted by atomic mass is 10.2. The van der Waals surface area contributed by atoms with Crippen LogP contribution in [0.15, 0.2) is 48.5 Å². The van der Waals surface area contributed by atoms with Crippen molar-refractivity contribution in [3.8, 4) is 0 Å². The predicted molar refractivity (Wildman–Crippen MR) is 103 cm³/mol. The van der Waals surface area contributed by atoms with E-state index in [0.29, 0.717) is 35.2 Å². The quantitative estimate of drug-likeness (QED) is 0.815. The normalized spacial score (nSPS) is 16.4. The average molecular weight is 392 g/mol. The maximum Gasteiger partial charge on any atom is 0.318 e. The van der Waals surface area contributed by atoms with Gasteiger partial charge in [-0.25, -0.2) is 4.79 Å². The Labute approximate surface area is 162 Å². The number of halogens is 2. The van der Waals surface area contributed by atoms with E-state index in [0.717, 1.165) is 12.0 Å². The minimum Gasteiger partial charge on any atom is -0.334 e. The molecule has 1 aliphatic heterocycles. The van der Waals surface area contributed by atoms with Crippen LogP contribution in [0.2, 0.25) is 10.0 Å². The fraction of sp³-hybridized carbons (Fsp3) is 0.263. The third kappa shape index (κ3) is 4.68. The van der Waals surface area contributed by atoms with Crippen molar-refractivity contribution in [3.63, 3.8) is 0 Å². The van der Waals surface area contributed by atoms with Crippen molar-refractivity contribution in [3.05, 3.63) is 64.1 Å². The number of anilines is 1. The Morgan fingerprint density at radius 1 is 1.08 bits per heavy atom. The number of hydrogen-bond donors (Lipinski definition) is 2. The zero-order chi connectivity index (χ0) is 18.5. The van der Waals surface area contributed by atoms with Gasteiger partial charge in [0, 0.05) is 28.8 Å². The summed E-state index contributed by atoms with van der Waals surface area (Å²) in [5, 5.41) is 6.92. The van der Waals surface area contributed by atoms with Crippen LogP contribution in [0.5, 0.6) is 0 Å². The molecule has 0 radical (unpaired) electrons. The van der Waals surface area contributed by atoms with Gasteiger partial charge >= 0.3 is 6.03 Å². The summed E-state index contributed by atoms with van der Waals surface area (Å²) in [6.07, 6.45) is 1.44. The molecule has 1 aliphatic rings. The van der Waals surface area contributed by atoms with E-state index in [2.05, 4.69) is 10.6 Å². The van der Waals surface area contributed by atoms with Crippen LogP contribution in [0, 0.1) is 0 Å². The van der Waals surface area contributed by atoms with Crippen LogP contribution >= 0.6 is 23.2 Å². The second-order valence-electron chi connectivity index (χ2n) is 6.14. The molecule has 2 N–H and O–H groups in total. The third-order valence-corrected chi connectivity index (χ3v) is 4.75. The molecule has 1 heterocycles. The molecule has 2 aromatic rings. The number of urea groups is 1. The van der Waals surface area contributed by atoms with Crippen molar-refractivity contribution in [2.45, 2.75) is 25.4 Å². The van der Waals surface area contributed by atoms with Gasteiger partial charge in [-0.2, -0.15) is 0 Å². The number of rotatable bonds is 4. The van der Waals surface area contributed by atoms with Crippen molar-refractivity contribution < 1.29 is 9.59 Å². The SMILES string of the molecule is O=C(Nc1ccc(Cl)cc1)[C@@H]1CCCN1C(=O)NCc1cccc(Cl)c1. The molecular formula is C19H19Cl2N3O2. The monoisotopic (exact) mass is 391 g/mol. The fourth-order valence-corrected chi connectivity index (χ4v) is 3.31. The molecule has 0 bridgehead atoms. The molecule has 1 fully saturated rings. The smallest absolute Gasteiger partial charge is 0.318 e. The second kappa shape index (κ2) is 8.43. The number of nitrogens with one attached hydrogen (secondary N) is 2. The van der Waals surface area contributed by atoms with Gasteiger partial charge < -0.3 is 15.5 Å². The molecule has 1 saturated heterocycles. The highest BCUT2D eigenvalue weighted by Gasteiger charge is 2.34. The zero-order valence-corrected chi connectivity index (χ0v) is 15.6. The zero-order valence-electron chi connectivity index (χ0n) is 14.0. The first-order chi connectivity index (χ1) is 12.5. The van der Waals surface area contributed by atoms with Crippen molar-refractivity contribution in [2.24, 2.45) is 0 Å². The number of nitrogens with zero attached hydrogens (tertiary/aromatic N) is 1. The molecule has 7 heteroatoms. The fourth-order valence-electron chi connectivity index (χ4n) is 2.97. The van der Waals surface area contributed by atoms with Crippen molar-refractivity contribution in [1.29, 1.82) is 0 Å². The first-order valence-electron chi connectivity index (χ1n) is 8.38. The summed E-state index contributed by atoms with van der Waals surface area (Å²) in [6.45, 7) is 0.918. The molecule has 0 spiro atoms. The first-order valence-corrected chi connectivity index (χ1v) is 9.14. The van der Waals surface area contributed by atoms with E-state index in [1.807, 2.05) is 12.1 Å². The topological polar surface area (TPSA) is 61.4 Å².